The van der Waals surface area contributed by atoms with E-state index in [-0.39, 0.29) is 0 Å². The van der Waals surface area contributed by atoms with Gasteiger partial charge in [-0.25, -0.2) is 0 Å². The van der Waals surface area contributed by atoms with Crippen LogP contribution < -0.4 is 0 Å². The summed E-state index contributed by atoms with van der Waals surface area (Å²) < 4.78 is 0. The van der Waals surface area contributed by atoms with Crippen molar-refractivity contribution in [3.05, 3.63) is 143 Å². The van der Waals surface area contributed by atoms with Gasteiger partial charge in [0.1, 0.15) is 0 Å². The van der Waals surface area contributed by atoms with Crippen molar-refractivity contribution in [2.45, 2.75) is 41.5 Å². The Morgan fingerprint density at radius 3 is 1.53 bits per heavy atom. The van der Waals surface area contributed by atoms with Gasteiger partial charge in [0.15, 0.2) is 0 Å². The van der Waals surface area contributed by atoms with Crippen molar-refractivity contribution in [3.63, 3.8) is 0 Å². The normalized spacial score (nSPS) is 10.5. The maximum Gasteiger partial charge on any atom is -0.0152 e. The van der Waals surface area contributed by atoms with Gasteiger partial charge in [0.05, 0.1) is 0 Å². The molecule has 0 fully saturated rings. The average molecular weight is 469 g/mol. The first-order valence-electron chi connectivity index (χ1n) is 12.7. The Kier molecular flexibility index (Phi) is 7.86. The zero-order valence-corrected chi connectivity index (χ0v) is 22.4. The van der Waals surface area contributed by atoms with Gasteiger partial charge in [-0.15, -0.1) is 0 Å². The predicted molar refractivity (Wildman–Crippen MR) is 160 cm³/mol. The minimum absolute atomic E-state index is 1.33. The lowest BCUT2D eigenvalue weighted by Gasteiger charge is -2.04. The third kappa shape index (κ3) is 5.83. The molecule has 36 heavy (non-hydrogen) atoms. The molecular formula is C36H36. The van der Waals surface area contributed by atoms with Crippen LogP contribution in [0.5, 0.6) is 0 Å². The summed E-state index contributed by atoms with van der Waals surface area (Å²) in [6, 6.07) is 38.8. The third-order valence-electron chi connectivity index (χ3n) is 7.09. The Bertz CT molecular complexity index is 1570. The topological polar surface area (TPSA) is 0 Å². The van der Waals surface area contributed by atoms with Crippen LogP contribution in [0.3, 0.4) is 0 Å². The van der Waals surface area contributed by atoms with E-state index in [1.54, 1.807) is 0 Å². The fraction of sp³-hybridized carbons (Fsp3) is 0.167. The van der Waals surface area contributed by atoms with Crippen LogP contribution in [-0.4, -0.2) is 0 Å². The van der Waals surface area contributed by atoms with E-state index in [4.69, 9.17) is 0 Å². The molecule has 0 saturated heterocycles. The molecule has 0 atom stereocenters. The maximum absolute atomic E-state index is 2.24. The second-order valence-electron chi connectivity index (χ2n) is 9.81. The Balaban J connectivity index is 0.000000127. The fourth-order valence-electron chi connectivity index (χ4n) is 4.55. The van der Waals surface area contributed by atoms with Crippen molar-refractivity contribution in [1.82, 2.24) is 0 Å². The lowest BCUT2D eigenvalue weighted by molar-refractivity contribution is 1.37. The number of aryl methyl sites for hydroxylation is 6. The molecule has 0 aliphatic rings. The fourth-order valence-corrected chi connectivity index (χ4v) is 4.55. The van der Waals surface area contributed by atoms with E-state index in [1.165, 1.54) is 65.7 Å². The summed E-state index contributed by atoms with van der Waals surface area (Å²) in [5.41, 5.74) is 8.19. The highest BCUT2D eigenvalue weighted by molar-refractivity contribution is 5.87. The second kappa shape index (κ2) is 11.2. The van der Waals surface area contributed by atoms with Crippen molar-refractivity contribution in [2.24, 2.45) is 0 Å². The summed E-state index contributed by atoms with van der Waals surface area (Å²) in [4.78, 5) is 0. The number of fused-ring (bicyclic) bond motifs is 3. The molecule has 180 valence electrons. The van der Waals surface area contributed by atoms with E-state index >= 15 is 0 Å². The molecule has 0 radical (unpaired) electrons. The van der Waals surface area contributed by atoms with Crippen molar-refractivity contribution >= 4 is 32.3 Å². The summed E-state index contributed by atoms with van der Waals surface area (Å²) in [7, 11) is 0. The number of rotatable bonds is 0. The van der Waals surface area contributed by atoms with Gasteiger partial charge >= 0.3 is 0 Å². The van der Waals surface area contributed by atoms with Gasteiger partial charge in [-0.1, -0.05) is 115 Å². The Hall–Kier alpha value is -3.90. The summed E-state index contributed by atoms with van der Waals surface area (Å²) in [6.45, 7) is 12.9. The lowest BCUT2D eigenvalue weighted by atomic mass is 10.0. The molecule has 0 N–H and O–H groups in total. The summed E-state index contributed by atoms with van der Waals surface area (Å²) in [5.74, 6) is 0. The Morgan fingerprint density at radius 2 is 0.861 bits per heavy atom. The van der Waals surface area contributed by atoms with Gasteiger partial charge in [-0.2, -0.15) is 0 Å². The molecule has 6 rings (SSSR count). The largest absolute Gasteiger partial charge is 0.0616 e. The molecule has 0 heterocycles. The smallest absolute Gasteiger partial charge is 0.0152 e. The van der Waals surface area contributed by atoms with Crippen LogP contribution in [0.1, 0.15) is 33.4 Å². The molecule has 6 aromatic carbocycles. The van der Waals surface area contributed by atoms with Crippen LogP contribution in [0.25, 0.3) is 32.3 Å². The molecule has 0 saturated carbocycles. The van der Waals surface area contributed by atoms with Crippen molar-refractivity contribution in [3.8, 4) is 0 Å². The van der Waals surface area contributed by atoms with Crippen LogP contribution >= 0.6 is 0 Å². The molecule has 0 bridgehead atoms. The van der Waals surface area contributed by atoms with E-state index in [1.807, 2.05) is 0 Å². The van der Waals surface area contributed by atoms with Crippen LogP contribution in [0, 0.1) is 41.5 Å². The number of benzene rings is 6. The average Bonchev–Trinajstić information content (AvgIpc) is 2.88. The van der Waals surface area contributed by atoms with E-state index in [2.05, 4.69) is 151 Å². The lowest BCUT2D eigenvalue weighted by Crippen LogP contribution is -1.82. The molecule has 0 aliphatic heterocycles. The molecule has 0 unspecified atom stereocenters. The van der Waals surface area contributed by atoms with E-state index in [0.717, 1.165) is 0 Å². The highest BCUT2D eigenvalue weighted by atomic mass is 14.0. The van der Waals surface area contributed by atoms with Gasteiger partial charge in [-0.05, 0) is 102 Å². The maximum atomic E-state index is 2.24. The first-order valence-corrected chi connectivity index (χ1v) is 12.7. The quantitative estimate of drug-likeness (QED) is 0.208. The van der Waals surface area contributed by atoms with Crippen molar-refractivity contribution < 1.29 is 0 Å². The van der Waals surface area contributed by atoms with Gasteiger partial charge in [0.25, 0.3) is 0 Å². The summed E-state index contributed by atoms with van der Waals surface area (Å²) in [6.07, 6.45) is 0. The monoisotopic (exact) mass is 468 g/mol. The number of hydrogen-bond acceptors (Lipinski definition) is 0. The van der Waals surface area contributed by atoms with Gasteiger partial charge in [-0.3, -0.25) is 0 Å². The zero-order valence-electron chi connectivity index (χ0n) is 22.4. The van der Waals surface area contributed by atoms with E-state index in [0.29, 0.717) is 0 Å². The molecule has 0 heteroatoms. The molecular weight excluding hydrogens is 432 g/mol. The van der Waals surface area contributed by atoms with Crippen LogP contribution in [0.4, 0.5) is 0 Å². The SMILES string of the molecule is Cc1cc2ccccc2cc1C.Cc1ccc2cccc(C)c2c1.Cc1ccc2ccccc2c1C. The minimum atomic E-state index is 1.33. The van der Waals surface area contributed by atoms with Gasteiger partial charge in [0.2, 0.25) is 0 Å². The summed E-state index contributed by atoms with van der Waals surface area (Å²) >= 11 is 0. The molecule has 0 spiro atoms. The molecule has 0 aliphatic carbocycles. The van der Waals surface area contributed by atoms with E-state index < -0.39 is 0 Å². The molecule has 6 aromatic rings. The zero-order chi connectivity index (χ0) is 25.7. The number of hydrogen-bond donors (Lipinski definition) is 0. The molecule has 0 aromatic heterocycles. The Morgan fingerprint density at radius 1 is 0.333 bits per heavy atom. The minimum Gasteiger partial charge on any atom is -0.0616 e. The molecule has 0 amide bonds. The first kappa shape index (κ1) is 25.2. The van der Waals surface area contributed by atoms with Gasteiger partial charge in [0, 0.05) is 0 Å². The van der Waals surface area contributed by atoms with Crippen LogP contribution in [-0.2, 0) is 0 Å². The van der Waals surface area contributed by atoms with Gasteiger partial charge < -0.3 is 0 Å². The summed E-state index contributed by atoms with van der Waals surface area (Å²) in [5, 5.41) is 8.08. The van der Waals surface area contributed by atoms with Crippen molar-refractivity contribution in [2.75, 3.05) is 0 Å². The first-order chi connectivity index (χ1) is 17.3. The second-order valence-corrected chi connectivity index (χ2v) is 9.81. The predicted octanol–water partition coefficient (Wildman–Crippen LogP) is 10.4. The van der Waals surface area contributed by atoms with Crippen LogP contribution in [0.15, 0.2) is 109 Å². The molecule has 0 nitrogen and oxygen atoms in total. The third-order valence-corrected chi connectivity index (χ3v) is 7.09. The highest BCUT2D eigenvalue weighted by Gasteiger charge is 1.98. The highest BCUT2D eigenvalue weighted by Crippen LogP contribution is 2.21. The van der Waals surface area contributed by atoms with E-state index in [9.17, 15) is 0 Å². The Labute approximate surface area is 216 Å². The van der Waals surface area contributed by atoms with Crippen LogP contribution in [0.2, 0.25) is 0 Å². The van der Waals surface area contributed by atoms with Crippen molar-refractivity contribution in [1.29, 1.82) is 0 Å². The standard InChI is InChI=1S/3C12H12/c1-9-6-7-11-5-3-4-10(2)12(11)8-9;1-9-7-11-5-3-4-6-12(11)8-10(9)2;1-9-7-8-11-5-3-4-6-12(11)10(9)2/h3*3-8H,1-2H3.